The van der Waals surface area contributed by atoms with Gasteiger partial charge in [0.1, 0.15) is 11.8 Å². The number of halogens is 2. The molecule has 196 valence electrons. The van der Waals surface area contributed by atoms with Gasteiger partial charge in [0.05, 0.1) is 22.2 Å². The number of ketones is 1. The molecule has 0 unspecified atom stereocenters. The third-order valence-electron chi connectivity index (χ3n) is 6.78. The molecule has 8 nitrogen and oxygen atoms in total. The van der Waals surface area contributed by atoms with Crippen molar-refractivity contribution in [1.82, 2.24) is 16.0 Å². The van der Waals surface area contributed by atoms with Crippen LogP contribution in [0.25, 0.3) is 0 Å². The quantitative estimate of drug-likeness (QED) is 0.382. The molecular formula is C27H30Cl2N4O4. The molecule has 1 aliphatic carbocycles. The summed E-state index contributed by atoms with van der Waals surface area (Å²) in [6, 6.07) is 11.0. The maximum atomic E-state index is 13.0. The van der Waals surface area contributed by atoms with Gasteiger partial charge in [-0.15, -0.1) is 0 Å². The minimum Gasteiger partial charge on any atom is -0.480 e. The lowest BCUT2D eigenvalue weighted by Crippen LogP contribution is -2.44. The highest BCUT2D eigenvalue weighted by Gasteiger charge is 2.28. The molecule has 1 saturated carbocycles. The van der Waals surface area contributed by atoms with Crippen molar-refractivity contribution in [2.45, 2.75) is 50.6 Å². The van der Waals surface area contributed by atoms with E-state index < -0.39 is 17.9 Å². The highest BCUT2D eigenvalue weighted by atomic mass is 35.5. The number of guanidine groups is 1. The first-order valence-corrected chi connectivity index (χ1v) is 13.2. The van der Waals surface area contributed by atoms with Crippen molar-refractivity contribution < 1.29 is 19.5 Å². The number of carboxylic acid groups (broad SMARTS) is 1. The minimum absolute atomic E-state index is 0.0103. The Hall–Kier alpha value is -3.10. The number of aliphatic imine (C=N–C) groups is 1. The molecule has 0 saturated heterocycles. The van der Waals surface area contributed by atoms with Gasteiger partial charge in [0, 0.05) is 31.3 Å². The first-order chi connectivity index (χ1) is 17.8. The number of amides is 1. The zero-order chi connectivity index (χ0) is 26.4. The van der Waals surface area contributed by atoms with Crippen LogP contribution in [0.3, 0.4) is 0 Å². The van der Waals surface area contributed by atoms with Crippen LogP contribution in [0.1, 0.15) is 47.2 Å². The number of rotatable bonds is 9. The number of Topliss-reactive ketones (excluding diaryl/α,β-unsaturated/α-hetero) is 1. The highest BCUT2D eigenvalue weighted by molar-refractivity contribution is 6.39. The molecule has 1 amide bonds. The van der Waals surface area contributed by atoms with Crippen molar-refractivity contribution in [2.24, 2.45) is 10.9 Å². The molecular weight excluding hydrogens is 515 g/mol. The van der Waals surface area contributed by atoms with E-state index in [2.05, 4.69) is 20.9 Å². The summed E-state index contributed by atoms with van der Waals surface area (Å²) in [4.78, 5) is 41.8. The Morgan fingerprint density at radius 3 is 2.41 bits per heavy atom. The van der Waals surface area contributed by atoms with Crippen LogP contribution in [0.15, 0.2) is 47.5 Å². The lowest BCUT2D eigenvalue weighted by molar-refractivity contribution is -0.139. The molecule has 0 aromatic heterocycles. The molecule has 2 aliphatic rings. The zero-order valence-corrected chi connectivity index (χ0v) is 21.8. The van der Waals surface area contributed by atoms with Gasteiger partial charge >= 0.3 is 5.97 Å². The van der Waals surface area contributed by atoms with E-state index in [1.54, 1.807) is 18.2 Å². The average Bonchev–Trinajstić information content (AvgIpc) is 3.38. The maximum Gasteiger partial charge on any atom is 0.326 e. The summed E-state index contributed by atoms with van der Waals surface area (Å²) < 4.78 is 0. The SMILES string of the molecule is O=C(N[C@@H](Cc1ccc(CC(=O)[C@@H]2CCC[C@@H](NC3=NCCN3)C2)cc1)C(=O)O)c1c(Cl)cccc1Cl. The van der Waals surface area contributed by atoms with Crippen molar-refractivity contribution in [2.75, 3.05) is 13.1 Å². The first kappa shape index (κ1) is 26.9. The third-order valence-corrected chi connectivity index (χ3v) is 7.41. The summed E-state index contributed by atoms with van der Waals surface area (Å²) in [6.07, 6.45) is 4.13. The van der Waals surface area contributed by atoms with E-state index in [1.165, 1.54) is 12.1 Å². The van der Waals surface area contributed by atoms with E-state index in [0.717, 1.165) is 55.9 Å². The Morgan fingerprint density at radius 2 is 1.76 bits per heavy atom. The molecule has 1 aliphatic heterocycles. The third kappa shape index (κ3) is 7.23. The number of carbonyl (C=O) groups is 3. The monoisotopic (exact) mass is 544 g/mol. The molecule has 1 fully saturated rings. The lowest BCUT2D eigenvalue weighted by atomic mass is 9.81. The van der Waals surface area contributed by atoms with Gasteiger partial charge < -0.3 is 21.1 Å². The fraction of sp³-hybridized carbons (Fsp3) is 0.407. The number of aliphatic carboxylic acids is 1. The summed E-state index contributed by atoms with van der Waals surface area (Å²) in [7, 11) is 0. The smallest absolute Gasteiger partial charge is 0.326 e. The van der Waals surface area contributed by atoms with Crippen molar-refractivity contribution >= 4 is 46.8 Å². The van der Waals surface area contributed by atoms with Gasteiger partial charge in [-0.25, -0.2) is 4.79 Å². The molecule has 0 bridgehead atoms. The van der Waals surface area contributed by atoms with Crippen molar-refractivity contribution in [1.29, 1.82) is 0 Å². The van der Waals surface area contributed by atoms with Crippen LogP contribution in [0.4, 0.5) is 0 Å². The summed E-state index contributed by atoms with van der Waals surface area (Å²) in [5.74, 6) is -0.764. The summed E-state index contributed by atoms with van der Waals surface area (Å²) in [5.41, 5.74) is 1.64. The van der Waals surface area contributed by atoms with Crippen LogP contribution in [-0.4, -0.2) is 53.9 Å². The zero-order valence-electron chi connectivity index (χ0n) is 20.3. The fourth-order valence-corrected chi connectivity index (χ4v) is 5.39. The van der Waals surface area contributed by atoms with Gasteiger partial charge in [0.25, 0.3) is 5.91 Å². The largest absolute Gasteiger partial charge is 0.480 e. The van der Waals surface area contributed by atoms with E-state index in [4.69, 9.17) is 23.2 Å². The van der Waals surface area contributed by atoms with Crippen LogP contribution in [0.5, 0.6) is 0 Å². The van der Waals surface area contributed by atoms with Gasteiger partial charge in [0.2, 0.25) is 0 Å². The summed E-state index contributed by atoms with van der Waals surface area (Å²) in [6.45, 7) is 1.63. The van der Waals surface area contributed by atoms with Gasteiger partial charge in [-0.2, -0.15) is 0 Å². The predicted octanol–water partition coefficient (Wildman–Crippen LogP) is 3.64. The second kappa shape index (κ2) is 12.4. The van der Waals surface area contributed by atoms with E-state index in [0.29, 0.717) is 6.42 Å². The van der Waals surface area contributed by atoms with Crippen LogP contribution in [-0.2, 0) is 22.4 Å². The minimum atomic E-state index is -1.17. The molecule has 4 rings (SSSR count). The number of hydrogen-bond donors (Lipinski definition) is 4. The van der Waals surface area contributed by atoms with Crippen molar-refractivity contribution in [3.8, 4) is 0 Å². The van der Waals surface area contributed by atoms with Crippen LogP contribution in [0.2, 0.25) is 10.0 Å². The molecule has 3 atom stereocenters. The van der Waals surface area contributed by atoms with E-state index >= 15 is 0 Å². The van der Waals surface area contributed by atoms with E-state index in [1.807, 2.05) is 12.1 Å². The number of carbonyl (C=O) groups excluding carboxylic acids is 2. The standard InChI is InChI=1S/C27H30Cl2N4O4/c28-20-5-2-6-21(29)24(20)25(35)33-22(26(36)37)13-16-7-9-17(10-8-16)14-23(34)18-3-1-4-19(15-18)32-27-30-11-12-31-27/h2,5-10,18-19,22H,1,3-4,11-15H2,(H,33,35)(H,36,37)(H2,30,31,32)/t18-,19-,22+/m1/s1. The Balaban J connectivity index is 1.32. The molecule has 0 radical (unpaired) electrons. The Kier molecular flexibility index (Phi) is 9.05. The molecule has 2 aromatic carbocycles. The first-order valence-electron chi connectivity index (χ1n) is 12.4. The normalized spacial score (nSPS) is 19.9. The molecule has 0 spiro atoms. The number of benzene rings is 2. The van der Waals surface area contributed by atoms with Gasteiger partial charge in [-0.1, -0.05) is 60.0 Å². The second-order valence-electron chi connectivity index (χ2n) is 9.49. The van der Waals surface area contributed by atoms with Crippen LogP contribution < -0.4 is 16.0 Å². The Morgan fingerprint density at radius 1 is 1.05 bits per heavy atom. The topological polar surface area (TPSA) is 120 Å². The van der Waals surface area contributed by atoms with Gasteiger partial charge in [-0.05, 0) is 42.5 Å². The van der Waals surface area contributed by atoms with Crippen LogP contribution in [0, 0.1) is 5.92 Å². The number of carboxylic acids is 1. The predicted molar refractivity (Wildman–Crippen MR) is 143 cm³/mol. The van der Waals surface area contributed by atoms with Crippen molar-refractivity contribution in [3.63, 3.8) is 0 Å². The molecule has 37 heavy (non-hydrogen) atoms. The molecule has 10 heteroatoms. The number of nitrogens with zero attached hydrogens (tertiary/aromatic N) is 1. The van der Waals surface area contributed by atoms with Gasteiger partial charge in [0.15, 0.2) is 5.96 Å². The second-order valence-corrected chi connectivity index (χ2v) is 10.3. The molecule has 1 heterocycles. The Bertz CT molecular complexity index is 1170. The summed E-state index contributed by atoms with van der Waals surface area (Å²) in [5, 5.41) is 19.1. The summed E-state index contributed by atoms with van der Waals surface area (Å²) >= 11 is 12.2. The fourth-order valence-electron chi connectivity index (χ4n) is 4.82. The van der Waals surface area contributed by atoms with Crippen LogP contribution >= 0.6 is 23.2 Å². The lowest BCUT2D eigenvalue weighted by Gasteiger charge is -2.29. The van der Waals surface area contributed by atoms with E-state index in [9.17, 15) is 19.5 Å². The molecule has 4 N–H and O–H groups in total. The molecule has 2 aromatic rings. The average molecular weight is 545 g/mol. The van der Waals surface area contributed by atoms with Gasteiger partial charge in [-0.3, -0.25) is 14.6 Å². The van der Waals surface area contributed by atoms with E-state index in [-0.39, 0.29) is 39.8 Å². The highest BCUT2D eigenvalue weighted by Crippen LogP contribution is 2.27. The Labute approximate surface area is 225 Å². The number of hydrogen-bond acceptors (Lipinski definition) is 6. The van der Waals surface area contributed by atoms with Crippen molar-refractivity contribution in [3.05, 3.63) is 69.2 Å². The number of nitrogens with one attached hydrogen (secondary N) is 3. The maximum absolute atomic E-state index is 13.0.